The van der Waals surface area contributed by atoms with Gasteiger partial charge in [-0.3, -0.25) is 9.48 Å². The van der Waals surface area contributed by atoms with Gasteiger partial charge in [0.25, 0.3) is 5.91 Å². The monoisotopic (exact) mass is 275 g/mol. The molecule has 0 radical (unpaired) electrons. The van der Waals surface area contributed by atoms with Crippen LogP contribution in [0.5, 0.6) is 0 Å². The van der Waals surface area contributed by atoms with Gasteiger partial charge in [0.15, 0.2) is 5.76 Å². The van der Waals surface area contributed by atoms with Gasteiger partial charge >= 0.3 is 0 Å². The second kappa shape index (κ2) is 5.50. The van der Waals surface area contributed by atoms with E-state index in [1.165, 1.54) is 0 Å². The number of aliphatic hydroxyl groups excluding tert-OH is 1. The zero-order chi connectivity index (χ0) is 13.9. The van der Waals surface area contributed by atoms with Crippen molar-refractivity contribution in [2.75, 3.05) is 13.2 Å². The summed E-state index contributed by atoms with van der Waals surface area (Å²) in [6.45, 7) is 1.19. The lowest BCUT2D eigenvalue weighted by Gasteiger charge is -2.21. The number of aliphatic hydroxyl groups is 1. The Morgan fingerprint density at radius 1 is 1.50 bits per heavy atom. The number of likely N-dealkylation sites (tertiary alicyclic amines) is 1. The minimum absolute atomic E-state index is 0.00654. The fourth-order valence-electron chi connectivity index (χ4n) is 2.57. The zero-order valence-corrected chi connectivity index (χ0v) is 11.1. The molecule has 2 aromatic rings. The summed E-state index contributed by atoms with van der Waals surface area (Å²) in [7, 11) is 0. The average Bonchev–Trinajstić information content (AvgIpc) is 3.19. The third-order valence-corrected chi connectivity index (χ3v) is 3.60. The van der Waals surface area contributed by atoms with Gasteiger partial charge in [0.05, 0.1) is 19.2 Å². The Labute approximate surface area is 116 Å². The minimum Gasteiger partial charge on any atom is -0.454 e. The number of carbonyl (C=O) groups is 1. The molecule has 1 atom stereocenters. The molecule has 2 aromatic heterocycles. The molecule has 0 spiro atoms. The summed E-state index contributed by atoms with van der Waals surface area (Å²) in [6, 6.07) is 5.24. The average molecular weight is 275 g/mol. The van der Waals surface area contributed by atoms with E-state index >= 15 is 0 Å². The van der Waals surface area contributed by atoms with Gasteiger partial charge in [-0.15, -0.1) is 0 Å². The van der Waals surface area contributed by atoms with Gasteiger partial charge in [-0.25, -0.2) is 0 Å². The first kappa shape index (κ1) is 12.9. The normalized spacial score (nSPS) is 18.6. The van der Waals surface area contributed by atoms with E-state index in [0.717, 1.165) is 12.8 Å². The van der Waals surface area contributed by atoms with Crippen molar-refractivity contribution in [3.05, 3.63) is 42.1 Å². The lowest BCUT2D eigenvalue weighted by atomic mass is 10.2. The highest BCUT2D eigenvalue weighted by atomic mass is 16.4. The maximum absolute atomic E-state index is 12.3. The van der Waals surface area contributed by atoms with Gasteiger partial charge in [-0.1, -0.05) is 0 Å². The van der Waals surface area contributed by atoms with Crippen LogP contribution in [0.1, 0.15) is 29.2 Å². The van der Waals surface area contributed by atoms with Crippen LogP contribution in [0, 0.1) is 0 Å². The summed E-state index contributed by atoms with van der Waals surface area (Å²) < 4.78 is 7.33. The van der Waals surface area contributed by atoms with Gasteiger partial charge in [-0.05, 0) is 31.0 Å². The molecule has 1 saturated heterocycles. The standard InChI is InChI=1S/C14H17N3O3/c18-10-11-3-1-8-17(11)14(19)13-5-4-12(20-13)9-16-7-2-6-15-16/h2,4-7,11,18H,1,3,8-10H2/t11-/m0/s1. The first-order chi connectivity index (χ1) is 9.78. The van der Waals surface area contributed by atoms with Gasteiger partial charge in [0, 0.05) is 18.9 Å². The van der Waals surface area contributed by atoms with Crippen LogP contribution in [0.15, 0.2) is 35.0 Å². The molecule has 6 heteroatoms. The number of aromatic nitrogens is 2. The smallest absolute Gasteiger partial charge is 0.289 e. The van der Waals surface area contributed by atoms with Crippen LogP contribution in [0.4, 0.5) is 0 Å². The number of carbonyl (C=O) groups excluding carboxylic acids is 1. The fraction of sp³-hybridized carbons (Fsp3) is 0.429. The third kappa shape index (κ3) is 2.46. The van der Waals surface area contributed by atoms with Crippen LogP contribution in [0.2, 0.25) is 0 Å². The fourth-order valence-corrected chi connectivity index (χ4v) is 2.57. The van der Waals surface area contributed by atoms with Crippen molar-refractivity contribution in [3.63, 3.8) is 0 Å². The first-order valence-corrected chi connectivity index (χ1v) is 6.76. The third-order valence-electron chi connectivity index (χ3n) is 3.60. The Morgan fingerprint density at radius 3 is 3.15 bits per heavy atom. The minimum atomic E-state index is -0.145. The molecule has 0 aliphatic carbocycles. The Balaban J connectivity index is 1.71. The van der Waals surface area contributed by atoms with Crippen LogP contribution in [-0.4, -0.2) is 44.9 Å². The van der Waals surface area contributed by atoms with E-state index in [9.17, 15) is 9.90 Å². The van der Waals surface area contributed by atoms with Gasteiger partial charge < -0.3 is 14.4 Å². The van der Waals surface area contributed by atoms with Crippen molar-refractivity contribution in [1.82, 2.24) is 14.7 Å². The zero-order valence-electron chi connectivity index (χ0n) is 11.1. The molecule has 6 nitrogen and oxygen atoms in total. The highest BCUT2D eigenvalue weighted by Gasteiger charge is 2.30. The molecule has 0 aromatic carbocycles. The molecule has 0 bridgehead atoms. The van der Waals surface area contributed by atoms with E-state index in [4.69, 9.17) is 4.42 Å². The highest BCUT2D eigenvalue weighted by Crippen LogP contribution is 2.21. The maximum atomic E-state index is 12.3. The van der Waals surface area contributed by atoms with Gasteiger partial charge in [-0.2, -0.15) is 5.10 Å². The lowest BCUT2D eigenvalue weighted by Crippen LogP contribution is -2.37. The maximum Gasteiger partial charge on any atom is 0.289 e. The highest BCUT2D eigenvalue weighted by molar-refractivity contribution is 5.92. The summed E-state index contributed by atoms with van der Waals surface area (Å²) in [4.78, 5) is 14.0. The molecule has 1 fully saturated rings. The second-order valence-electron chi connectivity index (χ2n) is 4.95. The Hall–Kier alpha value is -2.08. The Kier molecular flexibility index (Phi) is 3.56. The molecule has 1 N–H and O–H groups in total. The molecule has 0 saturated carbocycles. The Morgan fingerprint density at radius 2 is 2.40 bits per heavy atom. The van der Waals surface area contributed by atoms with Crippen LogP contribution in [0.3, 0.4) is 0 Å². The summed E-state index contributed by atoms with van der Waals surface area (Å²) in [5.74, 6) is 0.873. The van der Waals surface area contributed by atoms with Gasteiger partial charge in [0.1, 0.15) is 5.76 Å². The van der Waals surface area contributed by atoms with E-state index in [1.807, 2.05) is 12.3 Å². The van der Waals surface area contributed by atoms with Crippen LogP contribution >= 0.6 is 0 Å². The SMILES string of the molecule is O=C(c1ccc(Cn2cccn2)o1)N1CCC[C@H]1CO. The van der Waals surface area contributed by atoms with E-state index in [1.54, 1.807) is 27.9 Å². The summed E-state index contributed by atoms with van der Waals surface area (Å²) in [5, 5.41) is 13.4. The lowest BCUT2D eigenvalue weighted by molar-refractivity contribution is 0.0644. The summed E-state index contributed by atoms with van der Waals surface area (Å²) >= 11 is 0. The summed E-state index contributed by atoms with van der Waals surface area (Å²) in [6.07, 6.45) is 5.32. The number of rotatable bonds is 4. The second-order valence-corrected chi connectivity index (χ2v) is 4.95. The van der Waals surface area contributed by atoms with E-state index in [2.05, 4.69) is 5.10 Å². The summed E-state index contributed by atoms with van der Waals surface area (Å²) in [5.41, 5.74) is 0. The molecule has 3 heterocycles. The van der Waals surface area contributed by atoms with Crippen LogP contribution < -0.4 is 0 Å². The Bertz CT molecular complexity index is 576. The van der Waals surface area contributed by atoms with Crippen molar-refractivity contribution in [1.29, 1.82) is 0 Å². The molecule has 0 unspecified atom stereocenters. The number of hydrogen-bond acceptors (Lipinski definition) is 4. The molecule has 1 aliphatic heterocycles. The van der Waals surface area contributed by atoms with Crippen LogP contribution in [0.25, 0.3) is 0 Å². The number of hydrogen-bond donors (Lipinski definition) is 1. The molecular weight excluding hydrogens is 258 g/mol. The predicted octanol–water partition coefficient (Wildman–Crippen LogP) is 1.12. The van der Waals surface area contributed by atoms with Crippen molar-refractivity contribution in [2.24, 2.45) is 0 Å². The van der Waals surface area contributed by atoms with Crippen LogP contribution in [-0.2, 0) is 6.54 Å². The van der Waals surface area contributed by atoms with Crippen molar-refractivity contribution < 1.29 is 14.3 Å². The predicted molar refractivity (Wildman–Crippen MR) is 71.2 cm³/mol. The first-order valence-electron chi connectivity index (χ1n) is 6.76. The van der Waals surface area contributed by atoms with E-state index in [-0.39, 0.29) is 18.6 Å². The molecule has 1 aliphatic rings. The van der Waals surface area contributed by atoms with Crippen molar-refractivity contribution >= 4 is 5.91 Å². The topological polar surface area (TPSA) is 71.5 Å². The quantitative estimate of drug-likeness (QED) is 0.907. The molecule has 1 amide bonds. The molecular formula is C14H17N3O3. The van der Waals surface area contributed by atoms with E-state index < -0.39 is 0 Å². The largest absolute Gasteiger partial charge is 0.454 e. The number of furan rings is 1. The molecule has 106 valence electrons. The number of nitrogens with zero attached hydrogens (tertiary/aromatic N) is 3. The van der Waals surface area contributed by atoms with E-state index in [0.29, 0.717) is 24.6 Å². The van der Waals surface area contributed by atoms with Gasteiger partial charge in [0.2, 0.25) is 0 Å². The molecule has 20 heavy (non-hydrogen) atoms. The molecule has 3 rings (SSSR count). The van der Waals surface area contributed by atoms with Crippen molar-refractivity contribution in [2.45, 2.75) is 25.4 Å². The van der Waals surface area contributed by atoms with Crippen molar-refractivity contribution in [3.8, 4) is 0 Å². The number of amides is 1.